The molecule has 0 fully saturated rings. The SMILES string of the molecule is CCC(C(=N)C(=O)OCc1ccccc1)C(=O)Nc1nc(-c2ccc(C)cc2C)cs1. The molecule has 31 heavy (non-hydrogen) atoms. The molecule has 7 heteroatoms. The summed E-state index contributed by atoms with van der Waals surface area (Å²) >= 11 is 1.31. The summed E-state index contributed by atoms with van der Waals surface area (Å²) < 4.78 is 5.20. The van der Waals surface area contributed by atoms with E-state index in [4.69, 9.17) is 10.1 Å². The zero-order valence-electron chi connectivity index (χ0n) is 17.8. The summed E-state index contributed by atoms with van der Waals surface area (Å²) in [5, 5.41) is 13.2. The molecule has 0 radical (unpaired) electrons. The smallest absolute Gasteiger partial charge is 0.353 e. The Morgan fingerprint density at radius 2 is 1.90 bits per heavy atom. The third-order valence-corrected chi connectivity index (χ3v) is 5.66. The first-order chi connectivity index (χ1) is 14.9. The molecule has 1 heterocycles. The fourth-order valence-corrected chi connectivity index (χ4v) is 3.93. The summed E-state index contributed by atoms with van der Waals surface area (Å²) in [6, 6.07) is 15.3. The van der Waals surface area contributed by atoms with Crippen molar-refractivity contribution in [3.63, 3.8) is 0 Å². The summed E-state index contributed by atoms with van der Waals surface area (Å²) in [6.07, 6.45) is 0.306. The molecule has 2 aromatic carbocycles. The van der Waals surface area contributed by atoms with Crippen molar-refractivity contribution in [2.75, 3.05) is 5.32 Å². The average Bonchev–Trinajstić information content (AvgIpc) is 3.21. The third kappa shape index (κ3) is 5.64. The fraction of sp³-hybridized carbons (Fsp3) is 0.250. The topological polar surface area (TPSA) is 92.1 Å². The van der Waals surface area contributed by atoms with Crippen LogP contribution in [0.1, 0.15) is 30.0 Å². The van der Waals surface area contributed by atoms with Crippen molar-refractivity contribution in [2.24, 2.45) is 5.92 Å². The molecule has 0 bridgehead atoms. The normalized spacial score (nSPS) is 11.6. The number of thiazole rings is 1. The molecule has 1 atom stereocenters. The molecule has 3 aromatic rings. The van der Waals surface area contributed by atoms with Crippen LogP contribution in [0.5, 0.6) is 0 Å². The summed E-state index contributed by atoms with van der Waals surface area (Å²) in [5.41, 5.74) is 4.53. The number of rotatable bonds is 8. The summed E-state index contributed by atoms with van der Waals surface area (Å²) in [5.74, 6) is -2.14. The van der Waals surface area contributed by atoms with Gasteiger partial charge in [-0.25, -0.2) is 9.78 Å². The first kappa shape index (κ1) is 22.4. The van der Waals surface area contributed by atoms with Crippen LogP contribution in [0.4, 0.5) is 5.13 Å². The number of hydrogen-bond acceptors (Lipinski definition) is 6. The Balaban J connectivity index is 1.63. The Kier molecular flexibility index (Phi) is 7.31. The van der Waals surface area contributed by atoms with Crippen LogP contribution in [0, 0.1) is 25.2 Å². The second-order valence-corrected chi connectivity index (χ2v) is 8.14. The first-order valence-electron chi connectivity index (χ1n) is 10.0. The summed E-state index contributed by atoms with van der Waals surface area (Å²) in [4.78, 5) is 29.5. The van der Waals surface area contributed by atoms with Crippen LogP contribution < -0.4 is 5.32 Å². The molecule has 0 aliphatic rings. The lowest BCUT2D eigenvalue weighted by molar-refractivity contribution is -0.137. The van der Waals surface area contributed by atoms with Crippen LogP contribution in [-0.2, 0) is 20.9 Å². The average molecular weight is 436 g/mol. The van der Waals surface area contributed by atoms with E-state index in [1.807, 2.05) is 61.7 Å². The van der Waals surface area contributed by atoms with Gasteiger partial charge in [-0.15, -0.1) is 11.3 Å². The van der Waals surface area contributed by atoms with Gasteiger partial charge in [0.15, 0.2) is 5.13 Å². The van der Waals surface area contributed by atoms with Crippen LogP contribution in [0.25, 0.3) is 11.3 Å². The maximum absolute atomic E-state index is 12.7. The van der Waals surface area contributed by atoms with Crippen LogP contribution in [0.2, 0.25) is 0 Å². The van der Waals surface area contributed by atoms with Gasteiger partial charge in [0.1, 0.15) is 12.3 Å². The molecular formula is C24H25N3O3S. The Hall–Kier alpha value is -3.32. The van der Waals surface area contributed by atoms with Crippen molar-refractivity contribution in [1.82, 2.24) is 4.98 Å². The molecule has 6 nitrogen and oxygen atoms in total. The highest BCUT2D eigenvalue weighted by Gasteiger charge is 2.28. The van der Waals surface area contributed by atoms with E-state index in [-0.39, 0.29) is 12.3 Å². The van der Waals surface area contributed by atoms with Crippen molar-refractivity contribution in [1.29, 1.82) is 5.41 Å². The van der Waals surface area contributed by atoms with Crippen molar-refractivity contribution in [3.05, 3.63) is 70.6 Å². The van der Waals surface area contributed by atoms with Crippen LogP contribution >= 0.6 is 11.3 Å². The van der Waals surface area contributed by atoms with E-state index in [9.17, 15) is 9.59 Å². The molecule has 0 aliphatic heterocycles. The molecule has 1 amide bonds. The lowest BCUT2D eigenvalue weighted by Crippen LogP contribution is -2.34. The largest absolute Gasteiger partial charge is 0.456 e. The zero-order chi connectivity index (χ0) is 22.4. The number of aromatic nitrogens is 1. The molecule has 1 aromatic heterocycles. The minimum Gasteiger partial charge on any atom is -0.456 e. The monoisotopic (exact) mass is 435 g/mol. The summed E-state index contributed by atoms with van der Waals surface area (Å²) in [7, 11) is 0. The third-order valence-electron chi connectivity index (χ3n) is 4.90. The van der Waals surface area contributed by atoms with E-state index in [0.29, 0.717) is 11.6 Å². The van der Waals surface area contributed by atoms with Gasteiger partial charge in [0, 0.05) is 10.9 Å². The maximum Gasteiger partial charge on any atom is 0.353 e. The van der Waals surface area contributed by atoms with Gasteiger partial charge in [-0.05, 0) is 31.4 Å². The van der Waals surface area contributed by atoms with Gasteiger partial charge in [-0.3, -0.25) is 10.2 Å². The van der Waals surface area contributed by atoms with E-state index in [2.05, 4.69) is 16.4 Å². The quantitative estimate of drug-likeness (QED) is 0.378. The van der Waals surface area contributed by atoms with Crippen LogP contribution in [0.15, 0.2) is 53.9 Å². The summed E-state index contributed by atoms with van der Waals surface area (Å²) in [6.45, 7) is 5.88. The van der Waals surface area contributed by atoms with Gasteiger partial charge in [0.2, 0.25) is 5.91 Å². The number of anilines is 1. The molecule has 1 unspecified atom stereocenters. The lowest BCUT2D eigenvalue weighted by Gasteiger charge is -2.14. The molecule has 3 rings (SSSR count). The second-order valence-electron chi connectivity index (χ2n) is 7.28. The van der Waals surface area contributed by atoms with Gasteiger partial charge in [-0.1, -0.05) is 61.0 Å². The van der Waals surface area contributed by atoms with Gasteiger partial charge in [-0.2, -0.15) is 0 Å². The minimum atomic E-state index is -0.906. The van der Waals surface area contributed by atoms with Crippen LogP contribution in [-0.4, -0.2) is 22.6 Å². The molecule has 0 aliphatic carbocycles. The molecule has 160 valence electrons. The number of benzene rings is 2. The number of hydrogen-bond donors (Lipinski definition) is 2. The van der Waals surface area contributed by atoms with Crippen molar-refractivity contribution < 1.29 is 14.3 Å². The number of carbonyl (C=O) groups is 2. The number of esters is 1. The zero-order valence-corrected chi connectivity index (χ0v) is 18.6. The molecule has 2 N–H and O–H groups in total. The Bertz CT molecular complexity index is 1090. The van der Waals surface area contributed by atoms with Crippen molar-refractivity contribution >= 4 is 34.1 Å². The number of nitrogens with zero attached hydrogens (tertiary/aromatic N) is 1. The highest BCUT2D eigenvalue weighted by Crippen LogP contribution is 2.28. The standard InChI is InChI=1S/C24H25N3O3S/c1-4-18(21(25)23(29)30-13-17-8-6-5-7-9-17)22(28)27-24-26-20(14-31-24)19-11-10-15(2)12-16(19)3/h5-12,14,18,25H,4,13H2,1-3H3,(H,26,27,28). The van der Waals surface area contributed by atoms with Gasteiger partial charge in [0.25, 0.3) is 0 Å². The van der Waals surface area contributed by atoms with Gasteiger partial charge >= 0.3 is 5.97 Å². The first-order valence-corrected chi connectivity index (χ1v) is 10.9. The number of ether oxygens (including phenoxy) is 1. The van der Waals surface area contributed by atoms with Gasteiger partial charge in [0.05, 0.1) is 11.6 Å². The number of nitrogens with one attached hydrogen (secondary N) is 2. The van der Waals surface area contributed by atoms with E-state index in [1.165, 1.54) is 16.9 Å². The molecule has 0 saturated heterocycles. The Morgan fingerprint density at radius 1 is 1.16 bits per heavy atom. The number of aryl methyl sites for hydroxylation is 2. The van der Waals surface area contributed by atoms with E-state index in [1.54, 1.807) is 6.92 Å². The lowest BCUT2D eigenvalue weighted by atomic mass is 9.99. The van der Waals surface area contributed by atoms with Gasteiger partial charge < -0.3 is 10.1 Å². The minimum absolute atomic E-state index is 0.0614. The Morgan fingerprint density at radius 3 is 2.58 bits per heavy atom. The van der Waals surface area contributed by atoms with Crippen molar-refractivity contribution in [2.45, 2.75) is 33.8 Å². The Labute approximate surface area is 185 Å². The predicted octanol–water partition coefficient (Wildman–Crippen LogP) is 5.15. The fourth-order valence-electron chi connectivity index (χ4n) is 3.21. The number of carbonyl (C=O) groups excluding carboxylic acids is 2. The van der Waals surface area contributed by atoms with E-state index in [0.717, 1.165) is 22.4 Å². The van der Waals surface area contributed by atoms with E-state index < -0.39 is 17.8 Å². The maximum atomic E-state index is 12.7. The molecular weight excluding hydrogens is 410 g/mol. The predicted molar refractivity (Wildman–Crippen MR) is 123 cm³/mol. The highest BCUT2D eigenvalue weighted by molar-refractivity contribution is 7.14. The van der Waals surface area contributed by atoms with Crippen LogP contribution in [0.3, 0.4) is 0 Å². The van der Waals surface area contributed by atoms with E-state index >= 15 is 0 Å². The molecule has 0 saturated carbocycles. The molecule has 0 spiro atoms. The second kappa shape index (κ2) is 10.1. The highest BCUT2D eigenvalue weighted by atomic mass is 32.1. The van der Waals surface area contributed by atoms with Crippen molar-refractivity contribution in [3.8, 4) is 11.3 Å². The number of amides is 1.